The topological polar surface area (TPSA) is 29.3 Å². The molecular weight excluding hydrogens is 148 g/mol. The van der Waals surface area contributed by atoms with Crippen LogP contribution in [0.15, 0.2) is 0 Å². The number of nitrogens with zero attached hydrogens (tertiary/aromatic N) is 1. The summed E-state index contributed by atoms with van der Waals surface area (Å²) in [6.07, 6.45) is 4.20. The van der Waals surface area contributed by atoms with Crippen molar-refractivity contribution in [1.82, 2.24) is 4.90 Å². The van der Waals surface area contributed by atoms with Gasteiger partial charge in [-0.3, -0.25) is 0 Å². The molecule has 0 aromatic rings. The first kappa shape index (κ1) is 8.52. The van der Waals surface area contributed by atoms with Gasteiger partial charge < -0.3 is 10.6 Å². The van der Waals surface area contributed by atoms with E-state index in [9.17, 15) is 0 Å². The maximum Gasteiger partial charge on any atom is 0.000996 e. The van der Waals surface area contributed by atoms with Crippen molar-refractivity contribution in [3.05, 3.63) is 0 Å². The molecule has 2 heteroatoms. The van der Waals surface area contributed by atoms with Crippen molar-refractivity contribution >= 4 is 0 Å². The highest BCUT2D eigenvalue weighted by Gasteiger charge is 2.35. The summed E-state index contributed by atoms with van der Waals surface area (Å²) in [7, 11) is 2.25. The number of hydrogen-bond acceptors (Lipinski definition) is 2. The van der Waals surface area contributed by atoms with E-state index in [1.54, 1.807) is 0 Å². The molecule has 2 nitrogen and oxygen atoms in total. The third-order valence-electron chi connectivity index (χ3n) is 3.67. The molecule has 2 N–H and O–H groups in total. The molecule has 0 aromatic carbocycles. The molecule has 1 aliphatic carbocycles. The van der Waals surface area contributed by atoms with Gasteiger partial charge in [-0.2, -0.15) is 0 Å². The highest BCUT2D eigenvalue weighted by molar-refractivity contribution is 4.88. The molecule has 0 aromatic heterocycles. The molecule has 1 aliphatic heterocycles. The van der Waals surface area contributed by atoms with Gasteiger partial charge in [0.05, 0.1) is 0 Å². The second kappa shape index (κ2) is 3.35. The van der Waals surface area contributed by atoms with E-state index in [4.69, 9.17) is 5.73 Å². The zero-order valence-electron chi connectivity index (χ0n) is 8.00. The van der Waals surface area contributed by atoms with Crippen LogP contribution in [0.25, 0.3) is 0 Å². The van der Waals surface area contributed by atoms with Crippen LogP contribution in [0.5, 0.6) is 0 Å². The van der Waals surface area contributed by atoms with Gasteiger partial charge in [0.25, 0.3) is 0 Å². The SMILES string of the molecule is CN1C[C@@H]2CC[C@@H](CN)C[C@H]2C1. The Balaban J connectivity index is 1.93. The lowest BCUT2D eigenvalue weighted by molar-refractivity contribution is 0.229. The van der Waals surface area contributed by atoms with Gasteiger partial charge in [0, 0.05) is 13.1 Å². The quantitative estimate of drug-likeness (QED) is 0.631. The molecule has 2 aliphatic rings. The molecule has 0 unspecified atom stereocenters. The first-order valence-corrected chi connectivity index (χ1v) is 5.18. The van der Waals surface area contributed by atoms with Crippen LogP contribution < -0.4 is 5.73 Å². The van der Waals surface area contributed by atoms with Crippen molar-refractivity contribution in [1.29, 1.82) is 0 Å². The Bertz CT molecular complexity index is 158. The molecule has 0 spiro atoms. The molecule has 1 heterocycles. The van der Waals surface area contributed by atoms with Gasteiger partial charge in [-0.25, -0.2) is 0 Å². The van der Waals surface area contributed by atoms with E-state index in [1.165, 1.54) is 32.4 Å². The van der Waals surface area contributed by atoms with E-state index in [2.05, 4.69) is 11.9 Å². The second-order valence-electron chi connectivity index (χ2n) is 4.66. The molecule has 0 amide bonds. The van der Waals surface area contributed by atoms with E-state index < -0.39 is 0 Å². The van der Waals surface area contributed by atoms with E-state index in [1.807, 2.05) is 0 Å². The first-order valence-electron chi connectivity index (χ1n) is 5.18. The molecule has 0 bridgehead atoms. The van der Waals surface area contributed by atoms with Crippen LogP contribution in [-0.2, 0) is 0 Å². The molecular formula is C10H20N2. The maximum atomic E-state index is 5.71. The Morgan fingerprint density at radius 1 is 1.25 bits per heavy atom. The van der Waals surface area contributed by atoms with Gasteiger partial charge in [-0.15, -0.1) is 0 Å². The fraction of sp³-hybridized carbons (Fsp3) is 1.00. The lowest BCUT2D eigenvalue weighted by Gasteiger charge is -2.30. The van der Waals surface area contributed by atoms with Crippen LogP contribution in [0.3, 0.4) is 0 Å². The fourth-order valence-electron chi connectivity index (χ4n) is 2.98. The van der Waals surface area contributed by atoms with Crippen LogP contribution in [0.2, 0.25) is 0 Å². The molecule has 2 rings (SSSR count). The van der Waals surface area contributed by atoms with Gasteiger partial charge in [-0.05, 0) is 50.6 Å². The van der Waals surface area contributed by atoms with Crippen LogP contribution in [0.4, 0.5) is 0 Å². The molecule has 0 radical (unpaired) electrons. The Morgan fingerprint density at radius 3 is 2.75 bits per heavy atom. The van der Waals surface area contributed by atoms with Gasteiger partial charge in [0.2, 0.25) is 0 Å². The summed E-state index contributed by atoms with van der Waals surface area (Å²) in [5.74, 6) is 2.80. The van der Waals surface area contributed by atoms with E-state index in [0.29, 0.717) is 0 Å². The Hall–Kier alpha value is -0.0800. The maximum absolute atomic E-state index is 5.71. The van der Waals surface area contributed by atoms with E-state index in [-0.39, 0.29) is 0 Å². The smallest absolute Gasteiger partial charge is 0.000996 e. The summed E-state index contributed by atoms with van der Waals surface area (Å²) in [6, 6.07) is 0. The van der Waals surface area contributed by atoms with Crippen LogP contribution in [-0.4, -0.2) is 31.6 Å². The number of hydrogen-bond donors (Lipinski definition) is 1. The third-order valence-corrected chi connectivity index (χ3v) is 3.67. The lowest BCUT2D eigenvalue weighted by Crippen LogP contribution is -2.27. The predicted molar refractivity (Wildman–Crippen MR) is 50.9 cm³/mol. The van der Waals surface area contributed by atoms with Gasteiger partial charge in [0.15, 0.2) is 0 Å². The van der Waals surface area contributed by atoms with Crippen molar-refractivity contribution in [2.24, 2.45) is 23.5 Å². The minimum Gasteiger partial charge on any atom is -0.330 e. The average Bonchev–Trinajstić information content (AvgIpc) is 2.43. The van der Waals surface area contributed by atoms with Crippen LogP contribution in [0, 0.1) is 17.8 Å². The van der Waals surface area contributed by atoms with Crippen molar-refractivity contribution in [2.45, 2.75) is 19.3 Å². The molecule has 1 saturated heterocycles. The first-order chi connectivity index (χ1) is 5.79. The van der Waals surface area contributed by atoms with Gasteiger partial charge in [0.1, 0.15) is 0 Å². The standard InChI is InChI=1S/C10H20N2/c1-12-6-9-3-2-8(5-11)4-10(9)7-12/h8-10H,2-7,11H2,1H3/t8-,9+,10+/m1/s1. The lowest BCUT2D eigenvalue weighted by atomic mass is 9.76. The number of nitrogens with two attached hydrogens (primary N) is 1. The number of fused-ring (bicyclic) bond motifs is 1. The van der Waals surface area contributed by atoms with E-state index in [0.717, 1.165) is 24.3 Å². The monoisotopic (exact) mass is 168 g/mol. The third kappa shape index (κ3) is 1.50. The normalized spacial score (nSPS) is 43.0. The highest BCUT2D eigenvalue weighted by Crippen LogP contribution is 2.37. The second-order valence-corrected chi connectivity index (χ2v) is 4.66. The molecule has 1 saturated carbocycles. The number of likely N-dealkylation sites (tertiary alicyclic amines) is 1. The zero-order valence-corrected chi connectivity index (χ0v) is 8.00. The van der Waals surface area contributed by atoms with Crippen molar-refractivity contribution < 1.29 is 0 Å². The Morgan fingerprint density at radius 2 is 2.00 bits per heavy atom. The fourth-order valence-corrected chi connectivity index (χ4v) is 2.98. The Kier molecular flexibility index (Phi) is 2.37. The highest BCUT2D eigenvalue weighted by atomic mass is 15.1. The largest absolute Gasteiger partial charge is 0.330 e. The van der Waals surface area contributed by atoms with Crippen molar-refractivity contribution in [2.75, 3.05) is 26.7 Å². The minimum absolute atomic E-state index is 0.831. The predicted octanol–water partition coefficient (Wildman–Crippen LogP) is 0.923. The molecule has 70 valence electrons. The molecule has 3 atom stereocenters. The zero-order chi connectivity index (χ0) is 8.55. The van der Waals surface area contributed by atoms with Gasteiger partial charge in [-0.1, -0.05) is 0 Å². The Labute approximate surface area is 75.1 Å². The van der Waals surface area contributed by atoms with Gasteiger partial charge >= 0.3 is 0 Å². The molecule has 2 fully saturated rings. The van der Waals surface area contributed by atoms with E-state index >= 15 is 0 Å². The average molecular weight is 168 g/mol. The number of rotatable bonds is 1. The summed E-state index contributed by atoms with van der Waals surface area (Å²) in [5.41, 5.74) is 5.71. The summed E-state index contributed by atoms with van der Waals surface area (Å²) < 4.78 is 0. The molecule has 12 heavy (non-hydrogen) atoms. The van der Waals surface area contributed by atoms with Crippen LogP contribution >= 0.6 is 0 Å². The summed E-state index contributed by atoms with van der Waals surface area (Å²) in [6.45, 7) is 3.57. The minimum atomic E-state index is 0.831. The summed E-state index contributed by atoms with van der Waals surface area (Å²) in [5, 5.41) is 0. The van der Waals surface area contributed by atoms with Crippen LogP contribution in [0.1, 0.15) is 19.3 Å². The van der Waals surface area contributed by atoms with Crippen molar-refractivity contribution in [3.8, 4) is 0 Å². The van der Waals surface area contributed by atoms with Crippen molar-refractivity contribution in [3.63, 3.8) is 0 Å². The summed E-state index contributed by atoms with van der Waals surface area (Å²) in [4.78, 5) is 2.48. The summed E-state index contributed by atoms with van der Waals surface area (Å²) >= 11 is 0.